The molecule has 2 aliphatic rings. The number of carbonyl (C=O) groups excluding carboxylic acids is 1. The van der Waals surface area contributed by atoms with Gasteiger partial charge in [-0.3, -0.25) is 4.79 Å². The standard InChI is InChI=1S/C12H15NO3/c1-8-2-3-16-11(8)12(14)13-4-9-6-15-7-10(9)5-13/h2-3,9-10H,4-7H2,1H3/t9-,10-/m1/s1. The van der Waals surface area contributed by atoms with E-state index in [9.17, 15) is 4.79 Å². The minimum absolute atomic E-state index is 0.0249. The molecule has 4 nitrogen and oxygen atoms in total. The third-order valence-corrected chi connectivity index (χ3v) is 3.58. The highest BCUT2D eigenvalue weighted by molar-refractivity contribution is 5.93. The number of nitrogens with zero attached hydrogens (tertiary/aromatic N) is 1. The Balaban J connectivity index is 1.75. The molecule has 0 saturated carbocycles. The summed E-state index contributed by atoms with van der Waals surface area (Å²) in [6.07, 6.45) is 1.57. The highest BCUT2D eigenvalue weighted by atomic mass is 16.5. The smallest absolute Gasteiger partial charge is 0.289 e. The zero-order chi connectivity index (χ0) is 11.1. The number of fused-ring (bicyclic) bond motifs is 1. The summed E-state index contributed by atoms with van der Waals surface area (Å²) in [7, 11) is 0. The molecule has 1 amide bonds. The van der Waals surface area contributed by atoms with Gasteiger partial charge in [0.2, 0.25) is 0 Å². The Labute approximate surface area is 94.2 Å². The first-order chi connectivity index (χ1) is 7.75. The van der Waals surface area contributed by atoms with E-state index in [1.165, 1.54) is 0 Å². The molecule has 4 heteroatoms. The number of hydrogen-bond donors (Lipinski definition) is 0. The van der Waals surface area contributed by atoms with E-state index in [0.29, 0.717) is 17.6 Å². The maximum Gasteiger partial charge on any atom is 0.289 e. The molecule has 3 rings (SSSR count). The molecule has 16 heavy (non-hydrogen) atoms. The Morgan fingerprint density at radius 1 is 1.38 bits per heavy atom. The molecule has 3 heterocycles. The average molecular weight is 221 g/mol. The Kier molecular flexibility index (Phi) is 2.24. The van der Waals surface area contributed by atoms with Crippen LogP contribution in [0.3, 0.4) is 0 Å². The number of likely N-dealkylation sites (tertiary alicyclic amines) is 1. The molecule has 0 aromatic carbocycles. The summed E-state index contributed by atoms with van der Waals surface area (Å²) < 4.78 is 10.6. The SMILES string of the molecule is Cc1ccoc1C(=O)N1C[C@@H]2COC[C@H]2C1. The van der Waals surface area contributed by atoms with Crippen molar-refractivity contribution in [2.45, 2.75) is 6.92 Å². The Hall–Kier alpha value is -1.29. The third-order valence-electron chi connectivity index (χ3n) is 3.58. The van der Waals surface area contributed by atoms with Gasteiger partial charge in [-0.05, 0) is 13.0 Å². The minimum Gasteiger partial charge on any atom is -0.459 e. The summed E-state index contributed by atoms with van der Waals surface area (Å²) in [4.78, 5) is 14.0. The van der Waals surface area contributed by atoms with Gasteiger partial charge in [-0.25, -0.2) is 0 Å². The van der Waals surface area contributed by atoms with Crippen molar-refractivity contribution in [3.8, 4) is 0 Å². The Morgan fingerprint density at radius 2 is 2.06 bits per heavy atom. The lowest BCUT2D eigenvalue weighted by Gasteiger charge is -2.16. The van der Waals surface area contributed by atoms with E-state index in [-0.39, 0.29) is 5.91 Å². The zero-order valence-electron chi connectivity index (χ0n) is 9.31. The van der Waals surface area contributed by atoms with Crippen molar-refractivity contribution in [3.05, 3.63) is 23.7 Å². The molecule has 0 bridgehead atoms. The number of furan rings is 1. The van der Waals surface area contributed by atoms with E-state index in [1.807, 2.05) is 17.9 Å². The molecule has 2 aliphatic heterocycles. The molecule has 1 aromatic rings. The molecule has 0 N–H and O–H groups in total. The van der Waals surface area contributed by atoms with Gasteiger partial charge in [-0.1, -0.05) is 0 Å². The minimum atomic E-state index is 0.0249. The van der Waals surface area contributed by atoms with Crippen LogP contribution in [0.15, 0.2) is 16.7 Å². The number of amides is 1. The second-order valence-corrected chi connectivity index (χ2v) is 4.70. The summed E-state index contributed by atoms with van der Waals surface area (Å²) in [6, 6.07) is 1.83. The fraction of sp³-hybridized carbons (Fsp3) is 0.583. The molecule has 0 spiro atoms. The van der Waals surface area contributed by atoms with Crippen LogP contribution in [0.25, 0.3) is 0 Å². The van der Waals surface area contributed by atoms with Crippen LogP contribution in [0, 0.1) is 18.8 Å². The van der Waals surface area contributed by atoms with Crippen molar-refractivity contribution in [3.63, 3.8) is 0 Å². The fourth-order valence-corrected chi connectivity index (χ4v) is 2.59. The van der Waals surface area contributed by atoms with Crippen LogP contribution in [0.5, 0.6) is 0 Å². The molecule has 2 atom stereocenters. The van der Waals surface area contributed by atoms with Gasteiger partial charge < -0.3 is 14.1 Å². The van der Waals surface area contributed by atoms with Crippen LogP contribution in [0.2, 0.25) is 0 Å². The predicted octanol–water partition coefficient (Wildman–Crippen LogP) is 1.31. The van der Waals surface area contributed by atoms with E-state index in [2.05, 4.69) is 0 Å². The first-order valence-corrected chi connectivity index (χ1v) is 5.67. The first kappa shape index (κ1) is 9.90. The summed E-state index contributed by atoms with van der Waals surface area (Å²) in [5.74, 6) is 1.57. The van der Waals surface area contributed by atoms with E-state index in [0.717, 1.165) is 31.9 Å². The van der Waals surface area contributed by atoms with Crippen LogP contribution in [0.1, 0.15) is 16.1 Å². The molecule has 0 aliphatic carbocycles. The maximum atomic E-state index is 12.2. The van der Waals surface area contributed by atoms with Crippen molar-refractivity contribution in [1.82, 2.24) is 4.90 Å². The van der Waals surface area contributed by atoms with Gasteiger partial charge in [0.1, 0.15) is 0 Å². The van der Waals surface area contributed by atoms with Gasteiger partial charge in [0.25, 0.3) is 5.91 Å². The van der Waals surface area contributed by atoms with Crippen molar-refractivity contribution in [2.24, 2.45) is 11.8 Å². The molecule has 0 radical (unpaired) electrons. The maximum absolute atomic E-state index is 12.2. The first-order valence-electron chi connectivity index (χ1n) is 5.67. The van der Waals surface area contributed by atoms with Gasteiger partial charge >= 0.3 is 0 Å². The van der Waals surface area contributed by atoms with E-state index < -0.39 is 0 Å². The Bertz CT molecular complexity index is 400. The normalized spacial score (nSPS) is 28.4. The van der Waals surface area contributed by atoms with Crippen molar-refractivity contribution in [1.29, 1.82) is 0 Å². The van der Waals surface area contributed by atoms with Crippen LogP contribution >= 0.6 is 0 Å². The molecule has 1 aromatic heterocycles. The quantitative estimate of drug-likeness (QED) is 0.718. The van der Waals surface area contributed by atoms with Gasteiger partial charge in [-0.15, -0.1) is 0 Å². The van der Waals surface area contributed by atoms with E-state index >= 15 is 0 Å². The van der Waals surface area contributed by atoms with Crippen molar-refractivity contribution in [2.75, 3.05) is 26.3 Å². The summed E-state index contributed by atoms with van der Waals surface area (Å²) in [5.41, 5.74) is 0.915. The third kappa shape index (κ3) is 1.45. The summed E-state index contributed by atoms with van der Waals surface area (Å²) in [6.45, 7) is 5.11. The van der Waals surface area contributed by atoms with E-state index in [4.69, 9.17) is 9.15 Å². The fourth-order valence-electron chi connectivity index (χ4n) is 2.59. The molecule has 2 fully saturated rings. The highest BCUT2D eigenvalue weighted by Crippen LogP contribution is 2.30. The molecule has 2 saturated heterocycles. The van der Waals surface area contributed by atoms with Crippen molar-refractivity contribution < 1.29 is 13.9 Å². The lowest BCUT2D eigenvalue weighted by atomic mass is 10.0. The number of carbonyl (C=O) groups is 1. The Morgan fingerprint density at radius 3 is 2.62 bits per heavy atom. The van der Waals surface area contributed by atoms with Gasteiger partial charge in [0.05, 0.1) is 19.5 Å². The van der Waals surface area contributed by atoms with Gasteiger partial charge in [-0.2, -0.15) is 0 Å². The van der Waals surface area contributed by atoms with Gasteiger partial charge in [0, 0.05) is 30.5 Å². The van der Waals surface area contributed by atoms with Crippen LogP contribution in [-0.4, -0.2) is 37.1 Å². The topological polar surface area (TPSA) is 42.7 Å². The number of aryl methyl sites for hydroxylation is 1. The summed E-state index contributed by atoms with van der Waals surface area (Å²) in [5, 5.41) is 0. The van der Waals surface area contributed by atoms with Crippen molar-refractivity contribution >= 4 is 5.91 Å². The number of hydrogen-bond acceptors (Lipinski definition) is 3. The second kappa shape index (κ2) is 3.63. The van der Waals surface area contributed by atoms with E-state index in [1.54, 1.807) is 6.26 Å². The zero-order valence-corrected chi connectivity index (χ0v) is 9.31. The molecular formula is C12H15NO3. The second-order valence-electron chi connectivity index (χ2n) is 4.70. The van der Waals surface area contributed by atoms with Gasteiger partial charge in [0.15, 0.2) is 5.76 Å². The highest BCUT2D eigenvalue weighted by Gasteiger charge is 2.39. The van der Waals surface area contributed by atoms with Crippen LogP contribution < -0.4 is 0 Å². The molecule has 86 valence electrons. The average Bonchev–Trinajstić information content (AvgIpc) is 2.89. The number of rotatable bonds is 1. The summed E-state index contributed by atoms with van der Waals surface area (Å²) >= 11 is 0. The predicted molar refractivity (Wildman–Crippen MR) is 57.1 cm³/mol. The monoisotopic (exact) mass is 221 g/mol. The molecule has 0 unspecified atom stereocenters. The lowest BCUT2D eigenvalue weighted by Crippen LogP contribution is -2.30. The lowest BCUT2D eigenvalue weighted by molar-refractivity contribution is 0.0719. The van der Waals surface area contributed by atoms with Crippen LogP contribution in [0.4, 0.5) is 0 Å². The largest absolute Gasteiger partial charge is 0.459 e. The van der Waals surface area contributed by atoms with Crippen LogP contribution in [-0.2, 0) is 4.74 Å². The molecular weight excluding hydrogens is 206 g/mol. The number of ether oxygens (including phenoxy) is 1.